The molecule has 0 heterocycles. The fourth-order valence-electron chi connectivity index (χ4n) is 1.40. The first kappa shape index (κ1) is 15.5. The molecule has 0 aromatic heterocycles. The Balaban J connectivity index is 2.33. The van der Waals surface area contributed by atoms with Crippen LogP contribution < -0.4 is 16.2 Å². The monoisotopic (exact) mass is 266 g/mol. The number of carbonyl (C=O) groups is 1. The Morgan fingerprint density at radius 3 is 2.53 bits per heavy atom. The molecule has 0 radical (unpaired) electrons. The van der Waals surface area contributed by atoms with Crippen LogP contribution in [0.1, 0.15) is 25.3 Å². The van der Waals surface area contributed by atoms with E-state index >= 15 is 0 Å². The van der Waals surface area contributed by atoms with Gasteiger partial charge in [-0.05, 0) is 44.0 Å². The maximum atomic E-state index is 11.2. The van der Waals surface area contributed by atoms with Gasteiger partial charge in [0, 0.05) is 0 Å². The predicted octanol–water partition coefficient (Wildman–Crippen LogP) is 1.19. The largest absolute Gasteiger partial charge is 0.494 e. The van der Waals surface area contributed by atoms with Crippen molar-refractivity contribution in [2.75, 3.05) is 13.2 Å². The fourth-order valence-corrected chi connectivity index (χ4v) is 1.40. The third kappa shape index (κ3) is 6.22. The number of unbranched alkanes of at least 4 members (excludes halogenated alkanes) is 1. The lowest BCUT2D eigenvalue weighted by atomic mass is 10.2. The van der Waals surface area contributed by atoms with Crippen LogP contribution in [-0.2, 0) is 16.1 Å². The molecule has 0 aliphatic carbocycles. The van der Waals surface area contributed by atoms with Crippen LogP contribution in [0.4, 0.5) is 0 Å². The minimum absolute atomic E-state index is 0.230. The van der Waals surface area contributed by atoms with Gasteiger partial charge in [-0.15, -0.1) is 0 Å². The molecule has 0 spiro atoms. The molecule has 1 aromatic carbocycles. The van der Waals surface area contributed by atoms with Gasteiger partial charge in [-0.1, -0.05) is 12.1 Å². The van der Waals surface area contributed by atoms with E-state index in [1.165, 1.54) is 0 Å². The first-order valence-electron chi connectivity index (χ1n) is 6.47. The predicted molar refractivity (Wildman–Crippen MR) is 73.7 cm³/mol. The highest BCUT2D eigenvalue weighted by molar-refractivity contribution is 5.74. The summed E-state index contributed by atoms with van der Waals surface area (Å²) >= 11 is 0. The molecule has 1 unspecified atom stereocenters. The topological polar surface area (TPSA) is 87.6 Å². The minimum Gasteiger partial charge on any atom is -0.494 e. The van der Waals surface area contributed by atoms with Gasteiger partial charge in [0.2, 0.25) is 0 Å². The summed E-state index contributed by atoms with van der Waals surface area (Å²) in [6.45, 7) is 3.18. The second kappa shape index (κ2) is 8.50. The van der Waals surface area contributed by atoms with Crippen molar-refractivity contribution in [1.82, 2.24) is 0 Å². The molecule has 0 saturated heterocycles. The second-order valence-corrected chi connectivity index (χ2v) is 4.38. The quantitative estimate of drug-likeness (QED) is 0.545. The molecular formula is C14H22N2O3. The van der Waals surface area contributed by atoms with Crippen LogP contribution in [-0.4, -0.2) is 25.2 Å². The molecule has 0 fully saturated rings. The molecule has 106 valence electrons. The lowest BCUT2D eigenvalue weighted by molar-refractivity contribution is -0.146. The highest BCUT2D eigenvalue weighted by Gasteiger charge is 2.08. The van der Waals surface area contributed by atoms with Crippen LogP contribution in [0, 0.1) is 0 Å². The zero-order valence-corrected chi connectivity index (χ0v) is 11.3. The molecule has 0 aliphatic rings. The SMILES string of the molecule is CC(N)C(=O)OCc1ccc(OCCCCN)cc1. The van der Waals surface area contributed by atoms with Gasteiger partial charge in [-0.3, -0.25) is 4.79 Å². The summed E-state index contributed by atoms with van der Waals surface area (Å²) in [6, 6.07) is 6.86. The zero-order valence-electron chi connectivity index (χ0n) is 11.3. The lowest BCUT2D eigenvalue weighted by Crippen LogP contribution is -2.28. The number of ether oxygens (including phenoxy) is 2. The van der Waals surface area contributed by atoms with Crippen LogP contribution in [0.5, 0.6) is 5.75 Å². The molecular weight excluding hydrogens is 244 g/mol. The van der Waals surface area contributed by atoms with E-state index in [9.17, 15) is 4.79 Å². The number of hydrogen-bond acceptors (Lipinski definition) is 5. The van der Waals surface area contributed by atoms with Crippen molar-refractivity contribution >= 4 is 5.97 Å². The Bertz CT molecular complexity index is 377. The Morgan fingerprint density at radius 2 is 1.95 bits per heavy atom. The van der Waals surface area contributed by atoms with Crippen molar-refractivity contribution in [3.63, 3.8) is 0 Å². The van der Waals surface area contributed by atoms with E-state index in [1.807, 2.05) is 24.3 Å². The van der Waals surface area contributed by atoms with E-state index in [-0.39, 0.29) is 6.61 Å². The number of benzene rings is 1. The Labute approximate surface area is 113 Å². The summed E-state index contributed by atoms with van der Waals surface area (Å²) in [6.07, 6.45) is 1.91. The van der Waals surface area contributed by atoms with Crippen LogP contribution in [0.3, 0.4) is 0 Å². The van der Waals surface area contributed by atoms with Gasteiger partial charge >= 0.3 is 5.97 Å². The summed E-state index contributed by atoms with van der Waals surface area (Å²) < 4.78 is 10.6. The zero-order chi connectivity index (χ0) is 14.1. The Hall–Kier alpha value is -1.59. The Morgan fingerprint density at radius 1 is 1.26 bits per heavy atom. The summed E-state index contributed by atoms with van der Waals surface area (Å²) in [7, 11) is 0. The van der Waals surface area contributed by atoms with Gasteiger partial charge in [-0.25, -0.2) is 0 Å². The van der Waals surface area contributed by atoms with Crippen molar-refractivity contribution in [2.45, 2.75) is 32.4 Å². The average Bonchev–Trinajstić information content (AvgIpc) is 2.42. The van der Waals surface area contributed by atoms with Gasteiger partial charge in [-0.2, -0.15) is 0 Å². The lowest BCUT2D eigenvalue weighted by Gasteiger charge is -2.09. The molecule has 1 aromatic rings. The van der Waals surface area contributed by atoms with Crippen molar-refractivity contribution in [2.24, 2.45) is 11.5 Å². The van der Waals surface area contributed by atoms with E-state index in [2.05, 4.69) is 0 Å². The molecule has 0 saturated carbocycles. The van der Waals surface area contributed by atoms with Crippen molar-refractivity contribution < 1.29 is 14.3 Å². The smallest absolute Gasteiger partial charge is 0.322 e. The van der Waals surface area contributed by atoms with Gasteiger partial charge in [0.15, 0.2) is 0 Å². The highest BCUT2D eigenvalue weighted by Crippen LogP contribution is 2.13. The standard InChI is InChI=1S/C14H22N2O3/c1-11(16)14(17)19-10-12-4-6-13(7-5-12)18-9-3-2-8-15/h4-7,11H,2-3,8-10,15-16H2,1H3. The number of rotatable bonds is 8. The summed E-state index contributed by atoms with van der Waals surface area (Å²) in [5, 5.41) is 0. The third-order valence-corrected chi connectivity index (χ3v) is 2.54. The van der Waals surface area contributed by atoms with Crippen LogP contribution in [0.25, 0.3) is 0 Å². The summed E-state index contributed by atoms with van der Waals surface area (Å²) in [5.74, 6) is 0.404. The van der Waals surface area contributed by atoms with E-state index in [0.29, 0.717) is 13.2 Å². The van der Waals surface area contributed by atoms with E-state index < -0.39 is 12.0 Å². The normalized spacial score (nSPS) is 11.9. The van der Waals surface area contributed by atoms with E-state index in [1.54, 1.807) is 6.92 Å². The first-order chi connectivity index (χ1) is 9.13. The number of nitrogens with two attached hydrogens (primary N) is 2. The maximum Gasteiger partial charge on any atom is 0.322 e. The number of hydrogen-bond donors (Lipinski definition) is 2. The van der Waals surface area contributed by atoms with Crippen molar-refractivity contribution in [3.8, 4) is 5.75 Å². The van der Waals surface area contributed by atoms with Crippen LogP contribution >= 0.6 is 0 Å². The molecule has 5 nitrogen and oxygen atoms in total. The molecule has 0 aliphatic heterocycles. The van der Waals surface area contributed by atoms with Crippen molar-refractivity contribution in [3.05, 3.63) is 29.8 Å². The molecule has 5 heteroatoms. The van der Waals surface area contributed by atoms with E-state index in [4.69, 9.17) is 20.9 Å². The van der Waals surface area contributed by atoms with Crippen LogP contribution in [0.15, 0.2) is 24.3 Å². The van der Waals surface area contributed by atoms with E-state index in [0.717, 1.165) is 24.2 Å². The van der Waals surface area contributed by atoms with Gasteiger partial charge < -0.3 is 20.9 Å². The van der Waals surface area contributed by atoms with Gasteiger partial charge in [0.05, 0.1) is 6.61 Å². The molecule has 1 atom stereocenters. The number of esters is 1. The third-order valence-electron chi connectivity index (χ3n) is 2.54. The fraction of sp³-hybridized carbons (Fsp3) is 0.500. The molecule has 1 rings (SSSR count). The molecule has 0 bridgehead atoms. The summed E-state index contributed by atoms with van der Waals surface area (Å²) in [4.78, 5) is 11.2. The number of carbonyl (C=O) groups excluding carboxylic acids is 1. The highest BCUT2D eigenvalue weighted by atomic mass is 16.5. The maximum absolute atomic E-state index is 11.2. The molecule has 19 heavy (non-hydrogen) atoms. The van der Waals surface area contributed by atoms with Gasteiger partial charge in [0.1, 0.15) is 18.4 Å². The molecule has 4 N–H and O–H groups in total. The van der Waals surface area contributed by atoms with Crippen LogP contribution in [0.2, 0.25) is 0 Å². The summed E-state index contributed by atoms with van der Waals surface area (Å²) in [5.41, 5.74) is 11.7. The second-order valence-electron chi connectivity index (χ2n) is 4.38. The average molecular weight is 266 g/mol. The first-order valence-corrected chi connectivity index (χ1v) is 6.47. The Kier molecular flexibility index (Phi) is 6.92. The van der Waals surface area contributed by atoms with Crippen molar-refractivity contribution in [1.29, 1.82) is 0 Å². The molecule has 0 amide bonds. The minimum atomic E-state index is -0.592. The van der Waals surface area contributed by atoms with Gasteiger partial charge in [0.25, 0.3) is 0 Å².